The molecule has 1 aliphatic rings. The second-order valence-corrected chi connectivity index (χ2v) is 6.37. The quantitative estimate of drug-likeness (QED) is 0.879. The van der Waals surface area contributed by atoms with E-state index >= 15 is 0 Å². The Morgan fingerprint density at radius 3 is 2.56 bits per heavy atom. The van der Waals surface area contributed by atoms with Crippen molar-refractivity contribution in [3.05, 3.63) is 60.2 Å². The van der Waals surface area contributed by atoms with Crippen LogP contribution in [-0.4, -0.2) is 38.4 Å². The summed E-state index contributed by atoms with van der Waals surface area (Å²) >= 11 is 0. The van der Waals surface area contributed by atoms with Gasteiger partial charge in [-0.15, -0.1) is 0 Å². The summed E-state index contributed by atoms with van der Waals surface area (Å²) in [5, 5.41) is 3.04. The predicted molar refractivity (Wildman–Crippen MR) is 98.4 cm³/mol. The van der Waals surface area contributed by atoms with Gasteiger partial charge in [-0.2, -0.15) is 0 Å². The molecule has 132 valence electrons. The maximum atomic E-state index is 12.2. The van der Waals surface area contributed by atoms with Gasteiger partial charge < -0.3 is 14.8 Å². The SMILES string of the molecule is CO[C@@H]1CCOC[C@H]1NC(=O)CCc1ccc(-c2ccccc2)cc1. The number of rotatable bonds is 6. The van der Waals surface area contributed by atoms with Gasteiger partial charge in [0.1, 0.15) is 0 Å². The normalized spacial score (nSPS) is 20.2. The molecule has 3 rings (SSSR count). The van der Waals surface area contributed by atoms with Gasteiger partial charge in [-0.3, -0.25) is 4.79 Å². The molecule has 1 fully saturated rings. The Hall–Kier alpha value is -2.17. The fourth-order valence-corrected chi connectivity index (χ4v) is 3.17. The molecule has 0 saturated carbocycles. The minimum atomic E-state index is -0.0493. The first-order chi connectivity index (χ1) is 12.3. The minimum absolute atomic E-state index is 0.0443. The van der Waals surface area contributed by atoms with Gasteiger partial charge in [-0.1, -0.05) is 54.6 Å². The van der Waals surface area contributed by atoms with Crippen LogP contribution >= 0.6 is 0 Å². The van der Waals surface area contributed by atoms with E-state index in [1.807, 2.05) is 18.2 Å². The second-order valence-electron chi connectivity index (χ2n) is 6.37. The molecule has 1 aliphatic heterocycles. The maximum Gasteiger partial charge on any atom is 0.220 e. The molecule has 0 bridgehead atoms. The number of hydrogen-bond acceptors (Lipinski definition) is 3. The van der Waals surface area contributed by atoms with Crippen LogP contribution in [0.3, 0.4) is 0 Å². The fourth-order valence-electron chi connectivity index (χ4n) is 3.17. The number of carbonyl (C=O) groups is 1. The molecule has 1 amide bonds. The molecule has 2 atom stereocenters. The Balaban J connectivity index is 1.50. The Morgan fingerprint density at radius 1 is 1.12 bits per heavy atom. The van der Waals surface area contributed by atoms with Gasteiger partial charge in [0.15, 0.2) is 0 Å². The number of methoxy groups -OCH3 is 1. The van der Waals surface area contributed by atoms with Crippen molar-refractivity contribution in [3.8, 4) is 11.1 Å². The molecule has 0 spiro atoms. The molecule has 4 heteroatoms. The smallest absolute Gasteiger partial charge is 0.220 e. The molecular weight excluding hydrogens is 314 g/mol. The predicted octanol–water partition coefficient (Wildman–Crippen LogP) is 3.21. The van der Waals surface area contributed by atoms with E-state index in [2.05, 4.69) is 41.7 Å². The molecule has 1 N–H and O–H groups in total. The lowest BCUT2D eigenvalue weighted by atomic mass is 10.0. The average molecular weight is 339 g/mol. The van der Waals surface area contributed by atoms with Gasteiger partial charge >= 0.3 is 0 Å². The molecule has 0 aromatic heterocycles. The van der Waals surface area contributed by atoms with E-state index in [0.29, 0.717) is 19.6 Å². The summed E-state index contributed by atoms with van der Waals surface area (Å²) in [6, 6.07) is 18.6. The van der Waals surface area contributed by atoms with Crippen LogP contribution in [0.5, 0.6) is 0 Å². The zero-order valence-electron chi connectivity index (χ0n) is 14.6. The lowest BCUT2D eigenvalue weighted by Crippen LogP contribution is -2.50. The molecule has 0 unspecified atom stereocenters. The van der Waals surface area contributed by atoms with Gasteiger partial charge in [-0.25, -0.2) is 0 Å². The van der Waals surface area contributed by atoms with E-state index in [4.69, 9.17) is 9.47 Å². The minimum Gasteiger partial charge on any atom is -0.379 e. The van der Waals surface area contributed by atoms with E-state index < -0.39 is 0 Å². The highest BCUT2D eigenvalue weighted by Gasteiger charge is 2.26. The van der Waals surface area contributed by atoms with Crippen LogP contribution in [0.1, 0.15) is 18.4 Å². The van der Waals surface area contributed by atoms with Crippen molar-refractivity contribution in [1.82, 2.24) is 5.32 Å². The molecule has 2 aromatic rings. The number of amides is 1. The highest BCUT2D eigenvalue weighted by atomic mass is 16.5. The van der Waals surface area contributed by atoms with Gasteiger partial charge in [-0.05, 0) is 29.5 Å². The van der Waals surface area contributed by atoms with Crippen molar-refractivity contribution < 1.29 is 14.3 Å². The summed E-state index contributed by atoms with van der Waals surface area (Å²) in [7, 11) is 1.68. The number of nitrogens with one attached hydrogen (secondary N) is 1. The van der Waals surface area contributed by atoms with Crippen LogP contribution in [0.4, 0.5) is 0 Å². The Kier molecular flexibility index (Phi) is 6.20. The first-order valence-electron chi connectivity index (χ1n) is 8.80. The van der Waals surface area contributed by atoms with Crippen molar-refractivity contribution in [2.75, 3.05) is 20.3 Å². The highest BCUT2D eigenvalue weighted by Crippen LogP contribution is 2.19. The standard InChI is InChI=1S/C21H25NO3/c1-24-20-13-14-25-15-19(20)22-21(23)12-9-16-7-10-18(11-8-16)17-5-3-2-4-6-17/h2-8,10-11,19-20H,9,12-15H2,1H3,(H,22,23)/t19-,20-/m1/s1. The monoisotopic (exact) mass is 339 g/mol. The molecule has 1 saturated heterocycles. The van der Waals surface area contributed by atoms with E-state index in [1.54, 1.807) is 7.11 Å². The van der Waals surface area contributed by atoms with E-state index in [-0.39, 0.29) is 18.1 Å². The van der Waals surface area contributed by atoms with Crippen molar-refractivity contribution in [2.24, 2.45) is 0 Å². The van der Waals surface area contributed by atoms with E-state index in [0.717, 1.165) is 18.4 Å². The largest absolute Gasteiger partial charge is 0.379 e. The van der Waals surface area contributed by atoms with E-state index in [9.17, 15) is 4.79 Å². The van der Waals surface area contributed by atoms with Crippen LogP contribution in [0.25, 0.3) is 11.1 Å². The number of benzene rings is 2. The zero-order chi connectivity index (χ0) is 17.5. The lowest BCUT2D eigenvalue weighted by molar-refractivity contribution is -0.125. The number of ether oxygens (including phenoxy) is 2. The lowest BCUT2D eigenvalue weighted by Gasteiger charge is -2.31. The third-order valence-electron chi connectivity index (χ3n) is 4.64. The Labute approximate surface area is 149 Å². The topological polar surface area (TPSA) is 47.6 Å². The van der Waals surface area contributed by atoms with Crippen molar-refractivity contribution >= 4 is 5.91 Å². The van der Waals surface area contributed by atoms with Crippen LogP contribution in [0.15, 0.2) is 54.6 Å². The third kappa shape index (κ3) is 4.91. The first kappa shape index (κ1) is 17.6. The van der Waals surface area contributed by atoms with Crippen molar-refractivity contribution in [2.45, 2.75) is 31.4 Å². The Bertz CT molecular complexity index is 669. The van der Waals surface area contributed by atoms with Crippen molar-refractivity contribution in [1.29, 1.82) is 0 Å². The molecule has 2 aromatic carbocycles. The van der Waals surface area contributed by atoms with Crippen LogP contribution in [0.2, 0.25) is 0 Å². The van der Waals surface area contributed by atoms with E-state index in [1.165, 1.54) is 11.1 Å². The third-order valence-corrected chi connectivity index (χ3v) is 4.64. The van der Waals surface area contributed by atoms with Gasteiger partial charge in [0.05, 0.1) is 18.8 Å². The van der Waals surface area contributed by atoms with Crippen LogP contribution in [0, 0.1) is 0 Å². The molecule has 0 aliphatic carbocycles. The molecule has 1 heterocycles. The summed E-state index contributed by atoms with van der Waals surface area (Å²) in [6.07, 6.45) is 2.06. The summed E-state index contributed by atoms with van der Waals surface area (Å²) in [4.78, 5) is 12.2. The summed E-state index contributed by atoms with van der Waals surface area (Å²) in [6.45, 7) is 1.22. The second kappa shape index (κ2) is 8.79. The summed E-state index contributed by atoms with van der Waals surface area (Å²) < 4.78 is 10.9. The molecule has 25 heavy (non-hydrogen) atoms. The molecule has 4 nitrogen and oxygen atoms in total. The number of carbonyl (C=O) groups excluding carboxylic acids is 1. The average Bonchev–Trinajstić information content (AvgIpc) is 2.68. The summed E-state index contributed by atoms with van der Waals surface area (Å²) in [5.74, 6) is 0.0460. The van der Waals surface area contributed by atoms with Gasteiger partial charge in [0.2, 0.25) is 5.91 Å². The maximum absolute atomic E-state index is 12.2. The zero-order valence-corrected chi connectivity index (χ0v) is 14.6. The highest BCUT2D eigenvalue weighted by molar-refractivity contribution is 5.76. The van der Waals surface area contributed by atoms with Crippen molar-refractivity contribution in [3.63, 3.8) is 0 Å². The van der Waals surface area contributed by atoms with Gasteiger partial charge in [0.25, 0.3) is 0 Å². The van der Waals surface area contributed by atoms with Crippen LogP contribution < -0.4 is 5.32 Å². The van der Waals surface area contributed by atoms with Gasteiger partial charge in [0, 0.05) is 20.1 Å². The van der Waals surface area contributed by atoms with Crippen LogP contribution in [-0.2, 0) is 20.7 Å². The summed E-state index contributed by atoms with van der Waals surface area (Å²) in [5.41, 5.74) is 3.56. The Morgan fingerprint density at radius 2 is 1.84 bits per heavy atom. The fraction of sp³-hybridized carbons (Fsp3) is 0.381. The number of aryl methyl sites for hydroxylation is 1. The molecular formula is C21H25NO3. The first-order valence-corrected chi connectivity index (χ1v) is 8.80. The number of hydrogen-bond donors (Lipinski definition) is 1. The molecule has 0 radical (unpaired) electrons.